The number of amides is 1. The monoisotopic (exact) mass is 401 g/mol. The van der Waals surface area contributed by atoms with Gasteiger partial charge in [0.05, 0.1) is 5.56 Å². The zero-order valence-electron chi connectivity index (χ0n) is 16.8. The number of nitrogen functional groups attached to an aromatic ring is 1. The summed E-state index contributed by atoms with van der Waals surface area (Å²) in [4.78, 5) is 21.3. The molecule has 7 nitrogen and oxygen atoms in total. The Morgan fingerprint density at radius 3 is 2.67 bits per heavy atom. The number of nitrogens with zero attached hydrogens (tertiary/aromatic N) is 2. The Kier molecular flexibility index (Phi) is 4.97. The van der Waals surface area contributed by atoms with E-state index in [1.165, 1.54) is 0 Å². The number of para-hydroxylation sites is 2. The maximum atomic E-state index is 12.5. The van der Waals surface area contributed by atoms with Gasteiger partial charge >= 0.3 is 0 Å². The fraction of sp³-hybridized carbons (Fsp3) is 0.174. The Morgan fingerprint density at radius 2 is 1.90 bits per heavy atom. The lowest BCUT2D eigenvalue weighted by atomic mass is 10.0. The average molecular weight is 401 g/mol. The van der Waals surface area contributed by atoms with Crippen molar-refractivity contribution in [2.75, 3.05) is 12.3 Å². The van der Waals surface area contributed by atoms with E-state index in [9.17, 15) is 4.79 Å². The summed E-state index contributed by atoms with van der Waals surface area (Å²) < 4.78 is 5.84. The normalized spacial score (nSPS) is 11.6. The van der Waals surface area contributed by atoms with Gasteiger partial charge in [0, 0.05) is 29.4 Å². The quantitative estimate of drug-likeness (QED) is 0.470. The molecule has 0 aliphatic rings. The molecule has 0 bridgehead atoms. The SMILES string of the molecule is CC(C)(N)CNC(=O)c1cccc(-c2cnc(N)c(-c3nc4ccccc4o3)c2)c1. The van der Waals surface area contributed by atoms with Crippen LogP contribution >= 0.6 is 0 Å². The van der Waals surface area contributed by atoms with Gasteiger partial charge in [-0.3, -0.25) is 4.79 Å². The minimum Gasteiger partial charge on any atom is -0.436 e. The van der Waals surface area contributed by atoms with Crippen LogP contribution in [0.3, 0.4) is 0 Å². The molecule has 5 N–H and O–H groups in total. The molecule has 2 aromatic heterocycles. The number of nitrogens with two attached hydrogens (primary N) is 2. The van der Waals surface area contributed by atoms with Crippen LogP contribution in [0.4, 0.5) is 5.82 Å². The summed E-state index contributed by atoms with van der Waals surface area (Å²) in [5, 5.41) is 2.85. The van der Waals surface area contributed by atoms with Crippen LogP contribution in [0.5, 0.6) is 0 Å². The molecule has 2 aromatic carbocycles. The van der Waals surface area contributed by atoms with E-state index in [1.807, 2.05) is 62.4 Å². The van der Waals surface area contributed by atoms with Gasteiger partial charge in [-0.05, 0) is 49.7 Å². The number of fused-ring (bicyclic) bond motifs is 1. The largest absolute Gasteiger partial charge is 0.436 e. The Balaban J connectivity index is 1.66. The lowest BCUT2D eigenvalue weighted by Gasteiger charge is -2.19. The number of oxazole rings is 1. The summed E-state index contributed by atoms with van der Waals surface area (Å²) in [5.41, 5.74) is 15.8. The molecule has 0 unspecified atom stereocenters. The van der Waals surface area contributed by atoms with Gasteiger partial charge in [-0.1, -0.05) is 24.3 Å². The molecule has 0 radical (unpaired) electrons. The molecule has 0 fully saturated rings. The van der Waals surface area contributed by atoms with Gasteiger partial charge < -0.3 is 21.2 Å². The Hall–Kier alpha value is -3.71. The first kappa shape index (κ1) is 19.6. The molecular formula is C23H23N5O2. The molecule has 152 valence electrons. The summed E-state index contributed by atoms with van der Waals surface area (Å²) in [7, 11) is 0. The number of hydrogen-bond acceptors (Lipinski definition) is 6. The first-order valence-corrected chi connectivity index (χ1v) is 9.59. The lowest BCUT2D eigenvalue weighted by molar-refractivity contribution is 0.0946. The molecule has 4 rings (SSSR count). The third-order valence-corrected chi connectivity index (χ3v) is 4.61. The predicted molar refractivity (Wildman–Crippen MR) is 118 cm³/mol. The maximum Gasteiger partial charge on any atom is 0.251 e. The van der Waals surface area contributed by atoms with Crippen LogP contribution in [0.2, 0.25) is 0 Å². The number of benzene rings is 2. The number of pyridine rings is 1. The van der Waals surface area contributed by atoms with Crippen LogP contribution in [0, 0.1) is 0 Å². The van der Waals surface area contributed by atoms with Crippen LogP contribution in [0.1, 0.15) is 24.2 Å². The lowest BCUT2D eigenvalue weighted by Crippen LogP contribution is -2.45. The number of carbonyl (C=O) groups is 1. The van der Waals surface area contributed by atoms with E-state index in [2.05, 4.69) is 15.3 Å². The highest BCUT2D eigenvalue weighted by atomic mass is 16.3. The molecular weight excluding hydrogens is 378 g/mol. The zero-order chi connectivity index (χ0) is 21.3. The maximum absolute atomic E-state index is 12.5. The molecule has 0 atom stereocenters. The first-order valence-electron chi connectivity index (χ1n) is 9.59. The second kappa shape index (κ2) is 7.61. The minimum absolute atomic E-state index is 0.182. The smallest absolute Gasteiger partial charge is 0.251 e. The van der Waals surface area contributed by atoms with Crippen molar-refractivity contribution < 1.29 is 9.21 Å². The van der Waals surface area contributed by atoms with Gasteiger partial charge in [-0.25, -0.2) is 9.97 Å². The minimum atomic E-state index is -0.484. The van der Waals surface area contributed by atoms with Crippen molar-refractivity contribution in [1.29, 1.82) is 0 Å². The third kappa shape index (κ3) is 4.16. The number of carbonyl (C=O) groups excluding carboxylic acids is 1. The number of rotatable bonds is 5. The summed E-state index contributed by atoms with van der Waals surface area (Å²) in [6.45, 7) is 4.09. The Bertz CT molecular complexity index is 1190. The molecule has 2 heterocycles. The van der Waals surface area contributed by atoms with Crippen molar-refractivity contribution in [2.45, 2.75) is 19.4 Å². The summed E-state index contributed by atoms with van der Waals surface area (Å²) >= 11 is 0. The van der Waals surface area contributed by atoms with Gasteiger partial charge in [-0.15, -0.1) is 0 Å². The highest BCUT2D eigenvalue weighted by Gasteiger charge is 2.16. The second-order valence-electron chi connectivity index (χ2n) is 7.90. The van der Waals surface area contributed by atoms with Gasteiger partial charge in [0.2, 0.25) is 5.89 Å². The molecule has 4 aromatic rings. The van der Waals surface area contributed by atoms with E-state index in [0.717, 1.165) is 16.6 Å². The summed E-state index contributed by atoms with van der Waals surface area (Å²) in [6, 6.07) is 16.7. The van der Waals surface area contributed by atoms with E-state index in [-0.39, 0.29) is 5.91 Å². The average Bonchev–Trinajstić information content (AvgIpc) is 3.16. The van der Waals surface area contributed by atoms with Crippen molar-refractivity contribution >= 4 is 22.8 Å². The molecule has 7 heteroatoms. The highest BCUT2D eigenvalue weighted by Crippen LogP contribution is 2.31. The van der Waals surface area contributed by atoms with Gasteiger partial charge in [0.1, 0.15) is 11.3 Å². The van der Waals surface area contributed by atoms with E-state index < -0.39 is 5.54 Å². The van der Waals surface area contributed by atoms with Crippen LogP contribution in [0.25, 0.3) is 33.7 Å². The van der Waals surface area contributed by atoms with E-state index in [0.29, 0.717) is 35.0 Å². The molecule has 0 saturated heterocycles. The summed E-state index contributed by atoms with van der Waals surface area (Å²) in [6.07, 6.45) is 1.67. The van der Waals surface area contributed by atoms with Crippen LogP contribution in [-0.4, -0.2) is 28.0 Å². The molecule has 0 saturated carbocycles. The zero-order valence-corrected chi connectivity index (χ0v) is 16.8. The van der Waals surface area contributed by atoms with Crippen molar-refractivity contribution in [3.63, 3.8) is 0 Å². The number of nitrogens with one attached hydrogen (secondary N) is 1. The molecule has 0 aliphatic carbocycles. The van der Waals surface area contributed by atoms with Gasteiger partial charge in [0.15, 0.2) is 5.58 Å². The van der Waals surface area contributed by atoms with E-state index in [1.54, 1.807) is 12.3 Å². The summed E-state index contributed by atoms with van der Waals surface area (Å²) in [5.74, 6) is 0.546. The van der Waals surface area contributed by atoms with Crippen molar-refractivity contribution in [1.82, 2.24) is 15.3 Å². The number of aromatic nitrogens is 2. The van der Waals surface area contributed by atoms with Crippen molar-refractivity contribution in [3.05, 3.63) is 66.4 Å². The fourth-order valence-corrected chi connectivity index (χ4v) is 3.04. The topological polar surface area (TPSA) is 120 Å². The third-order valence-electron chi connectivity index (χ3n) is 4.61. The van der Waals surface area contributed by atoms with Crippen LogP contribution in [-0.2, 0) is 0 Å². The van der Waals surface area contributed by atoms with Gasteiger partial charge in [-0.2, -0.15) is 0 Å². The highest BCUT2D eigenvalue weighted by molar-refractivity contribution is 5.95. The standard InChI is InChI=1S/C23H23N5O2/c1-23(2,25)13-27-21(29)15-7-5-6-14(10-15)16-11-17(20(24)26-12-16)22-28-18-8-3-4-9-19(18)30-22/h3-12H,13,25H2,1-2H3,(H2,24,26)(H,27,29). The van der Waals surface area contributed by atoms with Crippen molar-refractivity contribution in [2.24, 2.45) is 5.73 Å². The number of anilines is 1. The van der Waals surface area contributed by atoms with Gasteiger partial charge in [0.25, 0.3) is 5.91 Å². The molecule has 0 spiro atoms. The molecule has 30 heavy (non-hydrogen) atoms. The fourth-order valence-electron chi connectivity index (χ4n) is 3.04. The number of hydrogen-bond donors (Lipinski definition) is 3. The van der Waals surface area contributed by atoms with E-state index >= 15 is 0 Å². The van der Waals surface area contributed by atoms with Crippen LogP contribution < -0.4 is 16.8 Å². The Labute approximate surface area is 174 Å². The Morgan fingerprint density at radius 1 is 1.10 bits per heavy atom. The van der Waals surface area contributed by atoms with Crippen LogP contribution in [0.15, 0.2) is 65.2 Å². The molecule has 1 amide bonds. The second-order valence-corrected chi connectivity index (χ2v) is 7.90. The first-order chi connectivity index (χ1) is 14.3. The molecule has 0 aliphatic heterocycles. The van der Waals surface area contributed by atoms with E-state index in [4.69, 9.17) is 15.9 Å². The predicted octanol–water partition coefficient (Wildman–Crippen LogP) is 3.61. The van der Waals surface area contributed by atoms with Crippen molar-refractivity contribution in [3.8, 4) is 22.6 Å².